The van der Waals surface area contributed by atoms with Crippen molar-refractivity contribution in [1.82, 2.24) is 10.3 Å². The molecule has 2 aromatic carbocycles. The topological polar surface area (TPSA) is 72.5 Å². The van der Waals surface area contributed by atoms with Crippen molar-refractivity contribution in [3.8, 4) is 11.5 Å². The smallest absolute Gasteiger partial charge is 0.270 e. The van der Waals surface area contributed by atoms with Crippen LogP contribution in [0, 0.1) is 0 Å². The minimum atomic E-state index is -0.196. The van der Waals surface area contributed by atoms with Crippen LogP contribution in [0.4, 0.5) is 5.69 Å². The molecule has 1 aliphatic heterocycles. The summed E-state index contributed by atoms with van der Waals surface area (Å²) in [6.45, 7) is 2.84. The van der Waals surface area contributed by atoms with E-state index >= 15 is 0 Å². The Balaban J connectivity index is 1.34. The lowest BCUT2D eigenvalue weighted by atomic mass is 10.1. The van der Waals surface area contributed by atoms with Crippen LogP contribution in [-0.2, 0) is 6.54 Å². The molecule has 0 bridgehead atoms. The molecule has 0 fully saturated rings. The summed E-state index contributed by atoms with van der Waals surface area (Å²) in [6.07, 6.45) is 1.66. The molecule has 0 spiro atoms. The van der Waals surface area contributed by atoms with Crippen LogP contribution >= 0.6 is 0 Å². The van der Waals surface area contributed by atoms with Crippen LogP contribution in [0.2, 0.25) is 0 Å². The van der Waals surface area contributed by atoms with E-state index in [1.54, 1.807) is 12.3 Å². The third-order valence-electron chi connectivity index (χ3n) is 4.58. The largest absolute Gasteiger partial charge is 0.454 e. The Labute approximate surface area is 163 Å². The number of amides is 1. The summed E-state index contributed by atoms with van der Waals surface area (Å²) >= 11 is 0. The molecule has 1 aromatic heterocycles. The number of ether oxygens (including phenoxy) is 2. The van der Waals surface area contributed by atoms with Crippen molar-refractivity contribution >= 4 is 11.6 Å². The lowest BCUT2D eigenvalue weighted by Gasteiger charge is -2.14. The van der Waals surface area contributed by atoms with Gasteiger partial charge < -0.3 is 20.1 Å². The number of nitrogens with zero attached hydrogens (tertiary/aromatic N) is 1. The minimum absolute atomic E-state index is 0.0840. The number of nitrogens with one attached hydrogen (secondary N) is 2. The summed E-state index contributed by atoms with van der Waals surface area (Å²) in [5.41, 5.74) is 3.35. The molecule has 0 saturated carbocycles. The average Bonchev–Trinajstić information content (AvgIpc) is 3.21. The van der Waals surface area contributed by atoms with E-state index in [4.69, 9.17) is 9.47 Å². The van der Waals surface area contributed by atoms with Gasteiger partial charge in [0.15, 0.2) is 11.5 Å². The van der Waals surface area contributed by atoms with Crippen molar-refractivity contribution in [2.45, 2.75) is 19.5 Å². The van der Waals surface area contributed by atoms with Crippen LogP contribution in [0.3, 0.4) is 0 Å². The van der Waals surface area contributed by atoms with Gasteiger partial charge in [0.2, 0.25) is 6.79 Å². The summed E-state index contributed by atoms with van der Waals surface area (Å²) in [4.78, 5) is 16.7. The average molecular weight is 375 g/mol. The second-order valence-electron chi connectivity index (χ2n) is 6.58. The number of pyridine rings is 1. The molecule has 3 aromatic rings. The lowest BCUT2D eigenvalue weighted by molar-refractivity contribution is 0.0935. The van der Waals surface area contributed by atoms with Crippen LogP contribution in [0.1, 0.15) is 34.6 Å². The van der Waals surface area contributed by atoms with Crippen LogP contribution in [-0.4, -0.2) is 17.7 Å². The second-order valence-corrected chi connectivity index (χ2v) is 6.58. The third kappa shape index (κ3) is 4.06. The molecule has 1 atom stereocenters. The predicted octanol–water partition coefficient (Wildman–Crippen LogP) is 3.91. The first-order chi connectivity index (χ1) is 13.7. The number of aromatic nitrogens is 1. The van der Waals surface area contributed by atoms with Gasteiger partial charge in [-0.2, -0.15) is 0 Å². The molecule has 0 radical (unpaired) electrons. The van der Waals surface area contributed by atoms with Gasteiger partial charge in [0.05, 0.1) is 17.9 Å². The van der Waals surface area contributed by atoms with Crippen LogP contribution < -0.4 is 20.1 Å². The molecule has 1 amide bonds. The van der Waals surface area contributed by atoms with Crippen molar-refractivity contribution in [2.75, 3.05) is 12.1 Å². The number of carbonyl (C=O) groups excluding carboxylic acids is 1. The lowest BCUT2D eigenvalue weighted by Crippen LogP contribution is -2.27. The number of anilines is 1. The Morgan fingerprint density at radius 1 is 1.07 bits per heavy atom. The van der Waals surface area contributed by atoms with Gasteiger partial charge in [-0.05, 0) is 42.3 Å². The van der Waals surface area contributed by atoms with E-state index in [1.807, 2.05) is 61.5 Å². The maximum Gasteiger partial charge on any atom is 0.270 e. The number of hydrogen-bond acceptors (Lipinski definition) is 5. The van der Waals surface area contributed by atoms with E-state index in [1.165, 1.54) is 0 Å². The van der Waals surface area contributed by atoms with Gasteiger partial charge in [-0.25, -0.2) is 4.98 Å². The monoisotopic (exact) mass is 375 g/mol. The Kier molecular flexibility index (Phi) is 5.10. The van der Waals surface area contributed by atoms with E-state index in [0.717, 1.165) is 28.3 Å². The second kappa shape index (κ2) is 8.00. The predicted molar refractivity (Wildman–Crippen MR) is 106 cm³/mol. The van der Waals surface area contributed by atoms with Crippen LogP contribution in [0.5, 0.6) is 11.5 Å². The number of benzene rings is 2. The van der Waals surface area contributed by atoms with E-state index in [0.29, 0.717) is 12.2 Å². The Hall–Kier alpha value is -3.54. The fourth-order valence-corrected chi connectivity index (χ4v) is 2.98. The van der Waals surface area contributed by atoms with Gasteiger partial charge in [-0.15, -0.1) is 0 Å². The van der Waals surface area contributed by atoms with Crippen molar-refractivity contribution in [1.29, 1.82) is 0 Å². The van der Waals surface area contributed by atoms with E-state index in [2.05, 4.69) is 15.6 Å². The molecular weight excluding hydrogens is 354 g/mol. The fraction of sp³-hybridized carbons (Fsp3) is 0.182. The zero-order chi connectivity index (χ0) is 19.3. The number of hydrogen-bond donors (Lipinski definition) is 2. The zero-order valence-electron chi connectivity index (χ0n) is 15.5. The first-order valence-corrected chi connectivity index (χ1v) is 9.13. The highest BCUT2D eigenvalue weighted by Crippen LogP contribution is 2.32. The summed E-state index contributed by atoms with van der Waals surface area (Å²) in [5, 5.41) is 6.26. The Bertz CT molecular complexity index is 959. The highest BCUT2D eigenvalue weighted by atomic mass is 16.7. The van der Waals surface area contributed by atoms with Crippen molar-refractivity contribution < 1.29 is 14.3 Å². The molecule has 28 heavy (non-hydrogen) atoms. The number of carbonyl (C=O) groups is 1. The molecule has 6 nitrogen and oxygen atoms in total. The third-order valence-corrected chi connectivity index (χ3v) is 4.58. The standard InChI is InChI=1S/C22H21N3O3/c1-15(17-5-3-2-4-6-17)25-22(26)19-9-8-18(13-24-19)23-12-16-7-10-20-21(11-16)28-14-27-20/h2-11,13,15,23H,12,14H2,1H3,(H,25,26). The zero-order valence-corrected chi connectivity index (χ0v) is 15.5. The summed E-state index contributed by atoms with van der Waals surface area (Å²) in [6, 6.07) is 19.2. The van der Waals surface area contributed by atoms with Crippen molar-refractivity contribution in [3.63, 3.8) is 0 Å². The van der Waals surface area contributed by atoms with Gasteiger partial charge in [0.1, 0.15) is 5.69 Å². The van der Waals surface area contributed by atoms with Crippen molar-refractivity contribution in [3.05, 3.63) is 83.7 Å². The molecule has 142 valence electrons. The maximum atomic E-state index is 12.4. The van der Waals surface area contributed by atoms with Crippen molar-refractivity contribution in [2.24, 2.45) is 0 Å². The molecule has 0 aliphatic carbocycles. The summed E-state index contributed by atoms with van der Waals surface area (Å²) in [7, 11) is 0. The number of rotatable bonds is 6. The molecule has 6 heteroatoms. The SMILES string of the molecule is CC(NC(=O)c1ccc(NCc2ccc3c(c2)OCO3)cn1)c1ccccc1. The molecule has 1 aliphatic rings. The van der Waals surface area contributed by atoms with Gasteiger partial charge in [0, 0.05) is 6.54 Å². The fourth-order valence-electron chi connectivity index (χ4n) is 2.98. The van der Waals surface area contributed by atoms with Gasteiger partial charge in [0.25, 0.3) is 5.91 Å². The molecule has 4 rings (SSSR count). The molecule has 2 N–H and O–H groups in total. The van der Waals surface area contributed by atoms with Gasteiger partial charge in [-0.3, -0.25) is 4.79 Å². The number of fused-ring (bicyclic) bond motifs is 1. The van der Waals surface area contributed by atoms with Gasteiger partial charge in [-0.1, -0.05) is 36.4 Å². The minimum Gasteiger partial charge on any atom is -0.454 e. The molecular formula is C22H21N3O3. The van der Waals surface area contributed by atoms with Crippen LogP contribution in [0.25, 0.3) is 0 Å². The maximum absolute atomic E-state index is 12.4. The normalized spacial score (nSPS) is 13.0. The Morgan fingerprint density at radius 3 is 2.68 bits per heavy atom. The first-order valence-electron chi connectivity index (χ1n) is 9.13. The first kappa shape index (κ1) is 17.9. The van der Waals surface area contributed by atoms with E-state index < -0.39 is 0 Å². The van der Waals surface area contributed by atoms with E-state index in [9.17, 15) is 4.79 Å². The highest BCUT2D eigenvalue weighted by molar-refractivity contribution is 5.92. The quantitative estimate of drug-likeness (QED) is 0.683. The summed E-state index contributed by atoms with van der Waals surface area (Å²) < 4.78 is 10.7. The molecule has 0 saturated heterocycles. The molecule has 2 heterocycles. The molecule has 1 unspecified atom stereocenters. The van der Waals surface area contributed by atoms with E-state index in [-0.39, 0.29) is 18.7 Å². The Morgan fingerprint density at radius 2 is 1.89 bits per heavy atom. The summed E-state index contributed by atoms with van der Waals surface area (Å²) in [5.74, 6) is 1.33. The van der Waals surface area contributed by atoms with Crippen LogP contribution in [0.15, 0.2) is 66.9 Å². The van der Waals surface area contributed by atoms with Gasteiger partial charge >= 0.3 is 0 Å². The highest BCUT2D eigenvalue weighted by Gasteiger charge is 2.14.